The molecule has 2 fully saturated rings. The van der Waals surface area contributed by atoms with E-state index in [-0.39, 0.29) is 10.8 Å². The number of hydrogen-bond donors (Lipinski definition) is 2. The van der Waals surface area contributed by atoms with E-state index in [0.29, 0.717) is 52.3 Å². The molecule has 0 aliphatic carbocycles. The number of carboxylic acids is 2. The molecule has 14 rings (SSSR count). The average molecular weight is 1180 g/mol. The number of aryl methyl sites for hydroxylation is 6. The van der Waals surface area contributed by atoms with Crippen molar-refractivity contribution in [3.05, 3.63) is 118 Å². The third kappa shape index (κ3) is 12.5. The quantitative estimate of drug-likeness (QED) is 0.131. The third-order valence-electron chi connectivity index (χ3n) is 19.2. The van der Waals surface area contributed by atoms with Gasteiger partial charge >= 0.3 is 11.9 Å². The zero-order chi connectivity index (χ0) is 61.2. The maximum Gasteiger partial charge on any atom is 0.337 e. The van der Waals surface area contributed by atoms with Crippen molar-refractivity contribution >= 4 is 34.9 Å². The van der Waals surface area contributed by atoms with Crippen molar-refractivity contribution in [2.45, 2.75) is 202 Å². The van der Waals surface area contributed by atoms with Gasteiger partial charge in [0.05, 0.1) is 56.5 Å². The van der Waals surface area contributed by atoms with Gasteiger partial charge in [-0.3, -0.25) is 0 Å². The second-order valence-corrected chi connectivity index (χ2v) is 27.9. The Bertz CT molecular complexity index is 3860. The minimum absolute atomic E-state index is 0.137. The Kier molecular flexibility index (Phi) is 16.2. The van der Waals surface area contributed by atoms with Crippen molar-refractivity contribution in [1.29, 1.82) is 0 Å². The van der Waals surface area contributed by atoms with Crippen LogP contribution in [0.1, 0.15) is 196 Å². The largest absolute Gasteiger partial charge is 0.479 e. The molecule has 0 radical (unpaired) electrons. The van der Waals surface area contributed by atoms with Crippen LogP contribution in [0.25, 0.3) is 45.2 Å². The topological polar surface area (TPSA) is 196 Å². The first-order valence-electron chi connectivity index (χ1n) is 32.0. The summed E-state index contributed by atoms with van der Waals surface area (Å²) < 4.78 is 21.2. The molecule has 12 heterocycles. The minimum atomic E-state index is -1.34. The fraction of sp³-hybridized carbons (Fsp3) is 0.536. The molecule has 460 valence electrons. The lowest BCUT2D eigenvalue weighted by Gasteiger charge is -2.42. The number of ether oxygens (including phenoxy) is 2. The minimum Gasteiger partial charge on any atom is -0.479 e. The van der Waals surface area contributed by atoms with Crippen molar-refractivity contribution < 1.29 is 29.3 Å². The molecule has 0 unspecified atom stereocenters. The highest BCUT2D eigenvalue weighted by Crippen LogP contribution is 2.45. The molecule has 18 heteroatoms. The summed E-state index contributed by atoms with van der Waals surface area (Å²) in [6.07, 6.45) is 14.2. The maximum atomic E-state index is 14.0. The van der Waals surface area contributed by atoms with Crippen molar-refractivity contribution in [3.63, 3.8) is 0 Å². The smallest absolute Gasteiger partial charge is 0.337 e. The summed E-state index contributed by atoms with van der Waals surface area (Å²) >= 11 is 0. The van der Waals surface area contributed by atoms with E-state index in [0.717, 1.165) is 160 Å². The summed E-state index contributed by atoms with van der Waals surface area (Å²) in [5.41, 5.74) is 11.5. The van der Waals surface area contributed by atoms with E-state index in [9.17, 15) is 19.8 Å². The molecule has 6 aliphatic rings. The summed E-state index contributed by atoms with van der Waals surface area (Å²) in [7, 11) is 0. The first kappa shape index (κ1) is 59.9. The van der Waals surface area contributed by atoms with E-state index in [4.69, 9.17) is 39.8 Å². The lowest BCUT2D eigenvalue weighted by molar-refractivity contribution is -0.163. The van der Waals surface area contributed by atoms with Gasteiger partial charge in [-0.05, 0) is 180 Å². The van der Waals surface area contributed by atoms with Crippen LogP contribution in [-0.2, 0) is 38.3 Å². The van der Waals surface area contributed by atoms with Gasteiger partial charge in [0.2, 0.25) is 0 Å². The van der Waals surface area contributed by atoms with Crippen LogP contribution in [0, 0.1) is 31.6 Å². The van der Waals surface area contributed by atoms with Crippen LogP contribution in [0.2, 0.25) is 0 Å². The average Bonchev–Trinajstić information content (AvgIpc) is 2.13. The Hall–Kier alpha value is -7.44. The summed E-state index contributed by atoms with van der Waals surface area (Å²) in [5.74, 6) is -0.694. The second-order valence-electron chi connectivity index (χ2n) is 27.9. The predicted octanol–water partition coefficient (Wildman–Crippen LogP) is 13.7. The fourth-order valence-corrected chi connectivity index (χ4v) is 14.2. The number of carboxylic acid groups (broad SMARTS) is 2. The van der Waals surface area contributed by atoms with Crippen molar-refractivity contribution in [1.82, 2.24) is 48.8 Å². The van der Waals surface area contributed by atoms with Gasteiger partial charge in [0.1, 0.15) is 11.6 Å². The van der Waals surface area contributed by atoms with E-state index in [2.05, 4.69) is 88.5 Å². The van der Waals surface area contributed by atoms with Crippen LogP contribution in [0.5, 0.6) is 0 Å². The van der Waals surface area contributed by atoms with Gasteiger partial charge in [0, 0.05) is 72.2 Å². The molecule has 2 atom stereocenters. The number of hydrogen-bond acceptors (Lipinski definition) is 12. The second kappa shape index (κ2) is 23.6. The summed E-state index contributed by atoms with van der Waals surface area (Å²) in [5, 5.41) is 43.0. The van der Waals surface area contributed by atoms with Gasteiger partial charge in [-0.25, -0.2) is 28.9 Å². The number of nitrogens with zero attached hydrogens (tertiary/aromatic N) is 12. The highest BCUT2D eigenvalue weighted by molar-refractivity contribution is 5.80. The molecule has 2 aromatic carbocycles. The number of anilines is 2. The monoisotopic (exact) mass is 1180 g/mol. The fourth-order valence-electron chi connectivity index (χ4n) is 14.2. The first-order chi connectivity index (χ1) is 41.5. The van der Waals surface area contributed by atoms with Gasteiger partial charge < -0.3 is 29.5 Å². The molecular weight excluding hydrogens is 1090 g/mol. The van der Waals surface area contributed by atoms with Crippen molar-refractivity contribution in [2.75, 3.05) is 36.0 Å². The van der Waals surface area contributed by atoms with E-state index in [1.54, 1.807) is 0 Å². The first-order valence-corrected chi connectivity index (χ1v) is 32.0. The number of fused-ring (bicyclic) bond motifs is 13. The molecule has 18 nitrogen and oxygen atoms in total. The molecule has 87 heavy (non-hydrogen) atoms. The Balaban J connectivity index is 0.865. The Labute approximate surface area is 511 Å². The molecule has 0 saturated carbocycles. The lowest BCUT2D eigenvalue weighted by Crippen LogP contribution is -2.41. The van der Waals surface area contributed by atoms with Gasteiger partial charge in [-0.1, -0.05) is 70.2 Å². The summed E-state index contributed by atoms with van der Waals surface area (Å²) in [6, 6.07) is 25.0. The number of aromatic nitrogens is 10. The Morgan fingerprint density at radius 1 is 0.563 bits per heavy atom. The number of rotatable bonds is 10. The molecule has 6 aliphatic heterocycles. The maximum absolute atomic E-state index is 14.0. The van der Waals surface area contributed by atoms with Gasteiger partial charge in [-0.15, -0.1) is 0 Å². The Morgan fingerprint density at radius 2 is 1.02 bits per heavy atom. The number of benzene rings is 2. The molecular formula is C69H88N12O6. The molecule has 2 saturated heterocycles. The van der Waals surface area contributed by atoms with Crippen LogP contribution in [0.4, 0.5) is 11.6 Å². The van der Waals surface area contributed by atoms with Gasteiger partial charge in [-0.2, -0.15) is 29.4 Å². The molecule has 0 spiro atoms. The van der Waals surface area contributed by atoms with E-state index in [1.165, 1.54) is 25.0 Å². The SMILES string of the molecule is Cc1cc2n(n1)-c1cccc(c1)-c1cc3nc(C)c([C@H](OC(C)(C)CCc4cc5n(n4)-c4cccc(c4)-c4cc6nc(C)c([C@H](OC(C)(C)C)C(=O)O)c(n6n4)N4CCC(C)(CCCCC5)CC4)C(=O)O)c(n3n1)N1CCC(C)(CCCCCC2)CC1. The van der Waals surface area contributed by atoms with E-state index < -0.39 is 35.3 Å². The van der Waals surface area contributed by atoms with Crippen LogP contribution < -0.4 is 9.80 Å². The van der Waals surface area contributed by atoms with Gasteiger partial charge in [0.15, 0.2) is 23.5 Å². The van der Waals surface area contributed by atoms with Crippen molar-refractivity contribution in [3.8, 4) is 33.9 Å². The zero-order valence-electron chi connectivity index (χ0n) is 52.8. The van der Waals surface area contributed by atoms with Crippen LogP contribution in [0.3, 0.4) is 0 Å². The highest BCUT2D eigenvalue weighted by Gasteiger charge is 2.41. The molecule has 0 amide bonds. The lowest BCUT2D eigenvalue weighted by atomic mass is 9.76. The highest BCUT2D eigenvalue weighted by atomic mass is 16.5. The van der Waals surface area contributed by atoms with E-state index >= 15 is 0 Å². The molecule has 12 bridgehead atoms. The zero-order valence-corrected chi connectivity index (χ0v) is 52.8. The van der Waals surface area contributed by atoms with Gasteiger partial charge in [0.25, 0.3) is 0 Å². The van der Waals surface area contributed by atoms with Crippen molar-refractivity contribution in [2.24, 2.45) is 10.8 Å². The summed E-state index contributed by atoms with van der Waals surface area (Å²) in [4.78, 5) is 41.9. The summed E-state index contributed by atoms with van der Waals surface area (Å²) in [6.45, 7) is 23.3. The van der Waals surface area contributed by atoms with Crippen LogP contribution in [0.15, 0.2) is 72.8 Å². The Morgan fingerprint density at radius 3 is 1.52 bits per heavy atom. The molecule has 2 N–H and O–H groups in total. The normalized spacial score (nSPS) is 18.2. The number of piperidine rings is 2. The molecule has 8 aromatic rings. The van der Waals surface area contributed by atoms with E-state index in [1.807, 2.05) is 81.8 Å². The number of aliphatic carboxylic acids is 2. The standard InChI is InChI=1S/C69H88N12O6/c1-44-38-50-22-14-11-12-16-27-68(9)30-36-77(37-31-68)63-59(46(3)71-57-42-54(75-81(57)63)47-20-18-24-51(39-47)78(50)72-44)61(65(84)85)87-67(7,8)29-26-49-41-53-23-15-13-17-28-69(10)32-34-76(35-33-69)62-58(60(64(82)83)86-66(4,5)6)45(2)70-56-43-55(74-80(56)62)48-21-19-25-52(40-48)79(53)73-49/h18-21,24-25,38-43,60-61H,11-17,22-23,26-37H2,1-10H3,(H,82,83)(H,84,85)/t60-,61-/m0/s1. The third-order valence-corrected chi connectivity index (χ3v) is 19.2. The molecule has 6 aromatic heterocycles. The number of carbonyl (C=O) groups is 2. The van der Waals surface area contributed by atoms with Crippen LogP contribution in [-0.4, -0.2) is 108 Å². The van der Waals surface area contributed by atoms with Crippen LogP contribution >= 0.6 is 0 Å². The predicted molar refractivity (Wildman–Crippen MR) is 338 cm³/mol.